The quantitative estimate of drug-likeness (QED) is 0.898. The van der Waals surface area contributed by atoms with Crippen LogP contribution in [0.1, 0.15) is 37.5 Å². The van der Waals surface area contributed by atoms with E-state index in [1.807, 2.05) is 4.90 Å². The number of aromatic nitrogens is 4. The molecule has 0 aromatic carbocycles. The number of carbonyl (C=O) groups excluding carboxylic acids is 1. The number of hydrogen-bond donors (Lipinski definition) is 1. The molecule has 1 N–H and O–H groups in total. The second kappa shape index (κ2) is 7.74. The van der Waals surface area contributed by atoms with Crippen LogP contribution in [0.25, 0.3) is 0 Å². The SMILES string of the molecule is O=C(C1CCCC1)N1CCOC(c2cncc(Nc3ncccn3)n2)C1. The molecule has 26 heavy (non-hydrogen) atoms. The number of carbonyl (C=O) groups is 1. The third-order valence-electron chi connectivity index (χ3n) is 4.87. The summed E-state index contributed by atoms with van der Waals surface area (Å²) in [6.07, 6.45) is 10.7. The minimum atomic E-state index is -0.264. The molecule has 0 bridgehead atoms. The highest BCUT2D eigenvalue weighted by Crippen LogP contribution is 2.29. The average Bonchev–Trinajstić information content (AvgIpc) is 3.23. The van der Waals surface area contributed by atoms with Crippen LogP contribution in [0.2, 0.25) is 0 Å². The lowest BCUT2D eigenvalue weighted by molar-refractivity contribution is -0.143. The molecule has 2 fully saturated rings. The van der Waals surface area contributed by atoms with Crippen LogP contribution in [-0.2, 0) is 9.53 Å². The van der Waals surface area contributed by atoms with E-state index in [1.54, 1.807) is 30.9 Å². The van der Waals surface area contributed by atoms with Crippen molar-refractivity contribution in [3.05, 3.63) is 36.5 Å². The lowest BCUT2D eigenvalue weighted by Gasteiger charge is -2.34. The Balaban J connectivity index is 1.45. The highest BCUT2D eigenvalue weighted by molar-refractivity contribution is 5.79. The van der Waals surface area contributed by atoms with Crippen LogP contribution >= 0.6 is 0 Å². The Labute approximate surface area is 152 Å². The van der Waals surface area contributed by atoms with Crippen LogP contribution in [0, 0.1) is 5.92 Å². The fourth-order valence-corrected chi connectivity index (χ4v) is 3.53. The zero-order chi connectivity index (χ0) is 17.8. The van der Waals surface area contributed by atoms with Crippen molar-refractivity contribution in [2.24, 2.45) is 5.92 Å². The van der Waals surface area contributed by atoms with E-state index < -0.39 is 0 Å². The molecular weight excluding hydrogens is 332 g/mol. The van der Waals surface area contributed by atoms with Gasteiger partial charge in [0.05, 0.1) is 31.2 Å². The Hall–Kier alpha value is -2.61. The third kappa shape index (κ3) is 3.80. The summed E-state index contributed by atoms with van der Waals surface area (Å²) >= 11 is 0. The van der Waals surface area contributed by atoms with Crippen LogP contribution in [0.15, 0.2) is 30.9 Å². The van der Waals surface area contributed by atoms with E-state index in [-0.39, 0.29) is 17.9 Å². The van der Waals surface area contributed by atoms with Crippen molar-refractivity contribution < 1.29 is 9.53 Å². The number of nitrogens with zero attached hydrogens (tertiary/aromatic N) is 5. The van der Waals surface area contributed by atoms with Crippen molar-refractivity contribution in [1.29, 1.82) is 0 Å². The smallest absolute Gasteiger partial charge is 0.228 e. The van der Waals surface area contributed by atoms with Gasteiger partial charge in [-0.3, -0.25) is 9.78 Å². The van der Waals surface area contributed by atoms with Crippen molar-refractivity contribution in [3.8, 4) is 0 Å². The highest BCUT2D eigenvalue weighted by atomic mass is 16.5. The van der Waals surface area contributed by atoms with Gasteiger partial charge in [-0.1, -0.05) is 12.8 Å². The zero-order valence-electron chi connectivity index (χ0n) is 14.5. The van der Waals surface area contributed by atoms with Gasteiger partial charge in [-0.05, 0) is 18.9 Å². The lowest BCUT2D eigenvalue weighted by atomic mass is 10.1. The summed E-state index contributed by atoms with van der Waals surface area (Å²) in [4.78, 5) is 31.7. The van der Waals surface area contributed by atoms with E-state index in [4.69, 9.17) is 4.74 Å². The number of morpholine rings is 1. The van der Waals surface area contributed by atoms with Crippen molar-refractivity contribution >= 4 is 17.7 Å². The first kappa shape index (κ1) is 16.8. The standard InChI is InChI=1S/C18H22N6O2/c25-17(13-4-1-2-5-13)24-8-9-26-15(12-24)14-10-19-11-16(22-14)23-18-20-6-3-7-21-18/h3,6-7,10-11,13,15H,1-2,4-5,8-9,12H2,(H,20,21,22,23). The third-order valence-corrected chi connectivity index (χ3v) is 4.87. The van der Waals surface area contributed by atoms with Gasteiger partial charge < -0.3 is 15.0 Å². The number of rotatable bonds is 4. The fraction of sp³-hybridized carbons (Fsp3) is 0.500. The van der Waals surface area contributed by atoms with Crippen molar-refractivity contribution in [2.45, 2.75) is 31.8 Å². The maximum Gasteiger partial charge on any atom is 0.228 e. The molecule has 1 aliphatic heterocycles. The molecule has 1 unspecified atom stereocenters. The first-order valence-electron chi connectivity index (χ1n) is 9.06. The van der Waals surface area contributed by atoms with Gasteiger partial charge in [-0.25, -0.2) is 15.0 Å². The van der Waals surface area contributed by atoms with Crippen LogP contribution in [0.5, 0.6) is 0 Å². The molecule has 2 aliphatic rings. The van der Waals surface area contributed by atoms with Gasteiger partial charge in [0.1, 0.15) is 6.10 Å². The van der Waals surface area contributed by atoms with E-state index in [2.05, 4.69) is 25.3 Å². The highest BCUT2D eigenvalue weighted by Gasteiger charge is 2.32. The summed E-state index contributed by atoms with van der Waals surface area (Å²) in [6, 6.07) is 1.75. The van der Waals surface area contributed by atoms with Crippen LogP contribution in [-0.4, -0.2) is 50.4 Å². The van der Waals surface area contributed by atoms with Gasteiger partial charge in [-0.2, -0.15) is 0 Å². The van der Waals surface area contributed by atoms with Crippen LogP contribution < -0.4 is 5.32 Å². The van der Waals surface area contributed by atoms with Crippen LogP contribution in [0.4, 0.5) is 11.8 Å². The Morgan fingerprint density at radius 3 is 2.81 bits per heavy atom. The Kier molecular flexibility index (Phi) is 5.01. The summed E-state index contributed by atoms with van der Waals surface area (Å²) < 4.78 is 5.86. The zero-order valence-corrected chi connectivity index (χ0v) is 14.5. The van der Waals surface area contributed by atoms with Crippen molar-refractivity contribution in [2.75, 3.05) is 25.0 Å². The summed E-state index contributed by atoms with van der Waals surface area (Å²) in [5.41, 5.74) is 0.704. The predicted octanol–water partition coefficient (Wildman–Crippen LogP) is 2.10. The molecule has 8 nitrogen and oxygen atoms in total. The van der Waals surface area contributed by atoms with Crippen molar-refractivity contribution in [1.82, 2.24) is 24.8 Å². The van der Waals surface area contributed by atoms with Gasteiger partial charge in [0, 0.05) is 24.9 Å². The molecule has 8 heteroatoms. The van der Waals surface area contributed by atoms with E-state index in [0.29, 0.717) is 37.2 Å². The van der Waals surface area contributed by atoms with E-state index in [9.17, 15) is 4.79 Å². The minimum Gasteiger partial charge on any atom is -0.368 e. The van der Waals surface area contributed by atoms with Crippen LogP contribution in [0.3, 0.4) is 0 Å². The number of anilines is 2. The Bertz CT molecular complexity index is 750. The topological polar surface area (TPSA) is 93.1 Å². The van der Waals surface area contributed by atoms with Gasteiger partial charge >= 0.3 is 0 Å². The van der Waals surface area contributed by atoms with Gasteiger partial charge in [0.15, 0.2) is 5.82 Å². The molecule has 1 atom stereocenters. The molecule has 0 radical (unpaired) electrons. The molecular formula is C18H22N6O2. The molecule has 2 aromatic rings. The second-order valence-corrected chi connectivity index (χ2v) is 6.65. The molecule has 4 rings (SSSR count). The summed E-state index contributed by atoms with van der Waals surface area (Å²) in [5.74, 6) is 1.46. The van der Waals surface area contributed by atoms with Gasteiger partial charge in [-0.15, -0.1) is 0 Å². The fourth-order valence-electron chi connectivity index (χ4n) is 3.53. The molecule has 1 amide bonds. The summed E-state index contributed by atoms with van der Waals surface area (Å²) in [5, 5.41) is 3.03. The maximum absolute atomic E-state index is 12.7. The number of nitrogens with one attached hydrogen (secondary N) is 1. The van der Waals surface area contributed by atoms with Crippen molar-refractivity contribution in [3.63, 3.8) is 0 Å². The van der Waals surface area contributed by atoms with Gasteiger partial charge in [0.25, 0.3) is 0 Å². The molecule has 1 saturated heterocycles. The molecule has 2 aromatic heterocycles. The molecule has 0 spiro atoms. The first-order chi connectivity index (χ1) is 12.8. The minimum absolute atomic E-state index is 0.183. The maximum atomic E-state index is 12.7. The number of ether oxygens (including phenoxy) is 1. The molecule has 136 valence electrons. The Morgan fingerprint density at radius 1 is 1.19 bits per heavy atom. The monoisotopic (exact) mass is 354 g/mol. The number of amides is 1. The second-order valence-electron chi connectivity index (χ2n) is 6.65. The predicted molar refractivity (Wildman–Crippen MR) is 94.6 cm³/mol. The Morgan fingerprint density at radius 2 is 2.00 bits per heavy atom. The van der Waals surface area contributed by atoms with Gasteiger partial charge in [0.2, 0.25) is 11.9 Å². The van der Waals surface area contributed by atoms with E-state index in [1.165, 1.54) is 0 Å². The summed E-state index contributed by atoms with van der Waals surface area (Å²) in [6.45, 7) is 1.69. The lowest BCUT2D eigenvalue weighted by Crippen LogP contribution is -2.44. The number of hydrogen-bond acceptors (Lipinski definition) is 7. The molecule has 3 heterocycles. The molecule has 1 aliphatic carbocycles. The summed E-state index contributed by atoms with van der Waals surface area (Å²) in [7, 11) is 0. The largest absolute Gasteiger partial charge is 0.368 e. The van der Waals surface area contributed by atoms with E-state index >= 15 is 0 Å². The van der Waals surface area contributed by atoms with E-state index in [0.717, 1.165) is 25.7 Å². The molecule has 1 saturated carbocycles. The first-order valence-corrected chi connectivity index (χ1v) is 9.06. The average molecular weight is 354 g/mol. The normalized spacial score (nSPS) is 20.9.